The molecule has 1 atom stereocenters. The van der Waals surface area contributed by atoms with E-state index in [0.717, 1.165) is 31.8 Å². The summed E-state index contributed by atoms with van der Waals surface area (Å²) in [6.45, 7) is 6.54. The maximum atomic E-state index is 11.8. The van der Waals surface area contributed by atoms with Crippen LogP contribution in [0.2, 0.25) is 0 Å². The Hall–Kier alpha value is -1.95. The van der Waals surface area contributed by atoms with Gasteiger partial charge in [0.1, 0.15) is 5.56 Å². The predicted molar refractivity (Wildman–Crippen MR) is 83.0 cm³/mol. The fraction of sp³-hybridized carbons (Fsp3) is 0.562. The molecule has 118 valence electrons. The van der Waals surface area contributed by atoms with Gasteiger partial charge in [-0.15, -0.1) is 0 Å². The fourth-order valence-corrected chi connectivity index (χ4v) is 3.05. The topological polar surface area (TPSA) is 59.7 Å². The Balaban J connectivity index is 1.93. The van der Waals surface area contributed by atoms with Crippen LogP contribution in [-0.2, 0) is 4.74 Å². The smallest absolute Gasteiger partial charge is 0.341 e. The third-order valence-electron chi connectivity index (χ3n) is 4.33. The van der Waals surface area contributed by atoms with Crippen molar-refractivity contribution in [1.82, 2.24) is 19.5 Å². The van der Waals surface area contributed by atoms with Gasteiger partial charge in [0, 0.05) is 24.7 Å². The average molecular weight is 302 g/mol. The summed E-state index contributed by atoms with van der Waals surface area (Å²) in [4.78, 5) is 18.9. The van der Waals surface area contributed by atoms with Crippen LogP contribution in [0.5, 0.6) is 0 Å². The Labute approximate surface area is 130 Å². The normalized spacial score (nSPS) is 19.7. The first-order valence-electron chi connectivity index (χ1n) is 7.77. The molecule has 0 amide bonds. The van der Waals surface area contributed by atoms with E-state index >= 15 is 0 Å². The summed E-state index contributed by atoms with van der Waals surface area (Å²) < 4.78 is 6.50. The molecule has 1 aliphatic heterocycles. The van der Waals surface area contributed by atoms with Gasteiger partial charge in [-0.2, -0.15) is 5.10 Å². The molecule has 1 fully saturated rings. The first kappa shape index (κ1) is 15.0. The molecular weight excluding hydrogens is 280 g/mol. The second kappa shape index (κ2) is 6.04. The third-order valence-corrected chi connectivity index (χ3v) is 4.33. The summed E-state index contributed by atoms with van der Waals surface area (Å²) in [7, 11) is 1.38. The van der Waals surface area contributed by atoms with E-state index in [-0.39, 0.29) is 5.97 Å². The van der Waals surface area contributed by atoms with Crippen LogP contribution < -0.4 is 0 Å². The standard InChI is InChI=1S/C16H22N4O2/c1-11(2)19-8-4-6-12(10-19)14-17-15-13(16(21)22-3)7-5-9-20(15)18-14/h5,7,9,11-12H,4,6,8,10H2,1-3H3. The first-order valence-corrected chi connectivity index (χ1v) is 7.77. The Morgan fingerprint density at radius 1 is 1.45 bits per heavy atom. The van der Waals surface area contributed by atoms with Gasteiger partial charge in [0.15, 0.2) is 11.5 Å². The highest BCUT2D eigenvalue weighted by Crippen LogP contribution is 2.26. The Morgan fingerprint density at radius 3 is 3.00 bits per heavy atom. The van der Waals surface area contributed by atoms with E-state index in [1.54, 1.807) is 16.6 Å². The van der Waals surface area contributed by atoms with Crippen molar-refractivity contribution >= 4 is 11.6 Å². The number of likely N-dealkylation sites (tertiary alicyclic amines) is 1. The van der Waals surface area contributed by atoms with Crippen molar-refractivity contribution in [3.05, 3.63) is 29.7 Å². The molecule has 0 N–H and O–H groups in total. The summed E-state index contributed by atoms with van der Waals surface area (Å²) in [5.74, 6) is 0.764. The van der Waals surface area contributed by atoms with Crippen LogP contribution >= 0.6 is 0 Å². The van der Waals surface area contributed by atoms with E-state index in [4.69, 9.17) is 4.74 Å². The zero-order chi connectivity index (χ0) is 15.7. The maximum absolute atomic E-state index is 11.8. The molecule has 1 saturated heterocycles. The minimum absolute atomic E-state index is 0.321. The predicted octanol–water partition coefficient (Wildman–Crippen LogP) is 2.10. The minimum atomic E-state index is -0.378. The molecule has 0 aliphatic carbocycles. The van der Waals surface area contributed by atoms with Gasteiger partial charge < -0.3 is 9.64 Å². The fourth-order valence-electron chi connectivity index (χ4n) is 3.05. The molecule has 0 bridgehead atoms. The molecule has 0 radical (unpaired) electrons. The van der Waals surface area contributed by atoms with Crippen LogP contribution in [0.1, 0.15) is 48.8 Å². The molecule has 0 aromatic carbocycles. The number of pyridine rings is 1. The summed E-state index contributed by atoms with van der Waals surface area (Å²) in [6, 6.07) is 4.05. The Morgan fingerprint density at radius 2 is 2.27 bits per heavy atom. The first-order chi connectivity index (χ1) is 10.6. The Kier molecular flexibility index (Phi) is 4.11. The zero-order valence-corrected chi connectivity index (χ0v) is 13.3. The molecule has 22 heavy (non-hydrogen) atoms. The van der Waals surface area contributed by atoms with Crippen LogP contribution in [0.25, 0.3) is 5.65 Å². The van der Waals surface area contributed by atoms with E-state index in [2.05, 4.69) is 28.8 Å². The van der Waals surface area contributed by atoms with Crippen LogP contribution in [0, 0.1) is 0 Å². The lowest BCUT2D eigenvalue weighted by atomic mass is 9.96. The second-order valence-electron chi connectivity index (χ2n) is 6.08. The molecule has 2 aromatic rings. The van der Waals surface area contributed by atoms with Gasteiger partial charge in [-0.3, -0.25) is 0 Å². The lowest BCUT2D eigenvalue weighted by Crippen LogP contribution is -2.39. The number of carbonyl (C=O) groups is 1. The molecule has 3 rings (SSSR count). The number of fused-ring (bicyclic) bond motifs is 1. The SMILES string of the molecule is COC(=O)c1cccn2nc(C3CCCN(C(C)C)C3)nc12. The lowest BCUT2D eigenvalue weighted by Gasteiger charge is -2.34. The highest BCUT2D eigenvalue weighted by atomic mass is 16.5. The molecule has 1 unspecified atom stereocenters. The number of hydrogen-bond acceptors (Lipinski definition) is 5. The molecule has 3 heterocycles. The molecular formula is C16H22N4O2. The van der Waals surface area contributed by atoms with Gasteiger partial charge in [0.2, 0.25) is 0 Å². The number of nitrogens with zero attached hydrogens (tertiary/aromatic N) is 4. The minimum Gasteiger partial charge on any atom is -0.465 e. The summed E-state index contributed by atoms with van der Waals surface area (Å²) in [6.07, 6.45) is 4.07. The maximum Gasteiger partial charge on any atom is 0.341 e. The van der Waals surface area contributed by atoms with Gasteiger partial charge >= 0.3 is 5.97 Å². The van der Waals surface area contributed by atoms with Crippen molar-refractivity contribution in [1.29, 1.82) is 0 Å². The molecule has 1 aliphatic rings. The Bertz CT molecular complexity index is 680. The van der Waals surface area contributed by atoms with Crippen LogP contribution in [0.3, 0.4) is 0 Å². The number of rotatable bonds is 3. The summed E-state index contributed by atoms with van der Waals surface area (Å²) >= 11 is 0. The average Bonchev–Trinajstić information content (AvgIpc) is 2.98. The van der Waals surface area contributed by atoms with Crippen molar-refractivity contribution in [3.8, 4) is 0 Å². The number of piperidine rings is 1. The molecule has 2 aromatic heterocycles. The number of esters is 1. The highest BCUT2D eigenvalue weighted by molar-refractivity contribution is 5.95. The number of hydrogen-bond donors (Lipinski definition) is 0. The van der Waals surface area contributed by atoms with Gasteiger partial charge in [-0.25, -0.2) is 14.3 Å². The summed E-state index contributed by atoms with van der Waals surface area (Å²) in [5.41, 5.74) is 1.03. The van der Waals surface area contributed by atoms with Crippen molar-refractivity contribution in [2.45, 2.75) is 38.6 Å². The number of carbonyl (C=O) groups excluding carboxylic acids is 1. The molecule has 6 nitrogen and oxygen atoms in total. The molecule has 6 heteroatoms. The van der Waals surface area contributed by atoms with E-state index < -0.39 is 0 Å². The van der Waals surface area contributed by atoms with Gasteiger partial charge in [-0.1, -0.05) is 0 Å². The van der Waals surface area contributed by atoms with Gasteiger partial charge in [-0.05, 0) is 45.4 Å². The van der Waals surface area contributed by atoms with Gasteiger partial charge in [0.25, 0.3) is 0 Å². The van der Waals surface area contributed by atoms with Crippen molar-refractivity contribution < 1.29 is 9.53 Å². The largest absolute Gasteiger partial charge is 0.465 e. The summed E-state index contributed by atoms with van der Waals surface area (Å²) in [5, 5.41) is 4.58. The van der Waals surface area contributed by atoms with E-state index in [0.29, 0.717) is 23.2 Å². The number of methoxy groups -OCH3 is 1. The number of ether oxygens (including phenoxy) is 1. The molecule has 0 saturated carbocycles. The molecule has 0 spiro atoms. The van der Waals surface area contributed by atoms with Crippen LogP contribution in [0.15, 0.2) is 18.3 Å². The number of aromatic nitrogens is 3. The van der Waals surface area contributed by atoms with Crippen LogP contribution in [-0.4, -0.2) is 51.7 Å². The van der Waals surface area contributed by atoms with Crippen molar-refractivity contribution in [3.63, 3.8) is 0 Å². The lowest BCUT2D eigenvalue weighted by molar-refractivity contribution is 0.0602. The van der Waals surface area contributed by atoms with Crippen molar-refractivity contribution in [2.24, 2.45) is 0 Å². The van der Waals surface area contributed by atoms with Gasteiger partial charge in [0.05, 0.1) is 7.11 Å². The monoisotopic (exact) mass is 302 g/mol. The van der Waals surface area contributed by atoms with Crippen molar-refractivity contribution in [2.75, 3.05) is 20.2 Å². The quantitative estimate of drug-likeness (QED) is 0.813. The third kappa shape index (κ3) is 2.70. The van der Waals surface area contributed by atoms with E-state index in [1.807, 2.05) is 6.20 Å². The second-order valence-corrected chi connectivity index (χ2v) is 6.08. The van der Waals surface area contributed by atoms with E-state index in [1.165, 1.54) is 7.11 Å². The highest BCUT2D eigenvalue weighted by Gasteiger charge is 2.26. The van der Waals surface area contributed by atoms with Crippen LogP contribution in [0.4, 0.5) is 0 Å². The zero-order valence-electron chi connectivity index (χ0n) is 13.3. The van der Waals surface area contributed by atoms with E-state index in [9.17, 15) is 4.79 Å².